The minimum absolute atomic E-state index is 0.0974. The van der Waals surface area contributed by atoms with Crippen LogP contribution in [0.4, 0.5) is 0 Å². The topological polar surface area (TPSA) is 80.5 Å². The molecule has 1 unspecified atom stereocenters. The first kappa shape index (κ1) is 27.4. The first-order valence-corrected chi connectivity index (χ1v) is 14.6. The first-order chi connectivity index (χ1) is 18.9. The van der Waals surface area contributed by atoms with E-state index in [1.165, 1.54) is 32.4 Å². The number of benzene rings is 2. The van der Waals surface area contributed by atoms with E-state index in [9.17, 15) is 9.59 Å². The lowest BCUT2D eigenvalue weighted by atomic mass is 9.91. The number of aryl methyl sites for hydroxylation is 1. The Morgan fingerprint density at radius 1 is 0.949 bits per heavy atom. The molecule has 7 nitrogen and oxygen atoms in total. The highest BCUT2D eigenvalue weighted by atomic mass is 16.2. The monoisotopic (exact) mass is 529 g/mol. The molecule has 5 rings (SSSR count). The second kappa shape index (κ2) is 12.3. The van der Waals surface area contributed by atoms with Crippen LogP contribution in [0.3, 0.4) is 0 Å². The third-order valence-electron chi connectivity index (χ3n) is 8.67. The molecule has 39 heavy (non-hydrogen) atoms. The SMILES string of the molecule is Cc1ccccc1CNC(=O)C(C)(Cc1c[nH]c2ccccc12)NC(=O)CN1CCC(N2CCCCC2)CC1. The van der Waals surface area contributed by atoms with Crippen LogP contribution in [0.25, 0.3) is 10.9 Å². The Balaban J connectivity index is 1.25. The molecule has 2 saturated heterocycles. The van der Waals surface area contributed by atoms with Gasteiger partial charge in [-0.1, -0.05) is 48.9 Å². The lowest BCUT2D eigenvalue weighted by Gasteiger charge is -2.40. The van der Waals surface area contributed by atoms with Crippen molar-refractivity contribution < 1.29 is 9.59 Å². The van der Waals surface area contributed by atoms with Crippen molar-refractivity contribution in [1.82, 2.24) is 25.4 Å². The van der Waals surface area contributed by atoms with Crippen LogP contribution in [0.5, 0.6) is 0 Å². The summed E-state index contributed by atoms with van der Waals surface area (Å²) in [5.74, 6) is -0.270. The zero-order valence-corrected chi connectivity index (χ0v) is 23.5. The number of rotatable bonds is 9. The summed E-state index contributed by atoms with van der Waals surface area (Å²) in [6.07, 6.45) is 8.54. The number of likely N-dealkylation sites (tertiary alicyclic amines) is 2. The second-order valence-corrected chi connectivity index (χ2v) is 11.6. The third kappa shape index (κ3) is 6.71. The number of nitrogens with one attached hydrogen (secondary N) is 3. The molecular formula is C32H43N5O2. The molecule has 0 aliphatic carbocycles. The largest absolute Gasteiger partial charge is 0.361 e. The molecule has 208 valence electrons. The van der Waals surface area contributed by atoms with Crippen molar-refractivity contribution in [3.05, 3.63) is 71.4 Å². The zero-order valence-electron chi connectivity index (χ0n) is 23.5. The van der Waals surface area contributed by atoms with Crippen molar-refractivity contribution in [3.8, 4) is 0 Å². The van der Waals surface area contributed by atoms with Gasteiger partial charge in [0, 0.05) is 49.2 Å². The number of aromatic amines is 1. The Morgan fingerprint density at radius 3 is 2.44 bits per heavy atom. The van der Waals surface area contributed by atoms with Crippen molar-refractivity contribution in [2.75, 3.05) is 32.7 Å². The van der Waals surface area contributed by atoms with Crippen molar-refractivity contribution >= 4 is 22.7 Å². The summed E-state index contributed by atoms with van der Waals surface area (Å²) in [5, 5.41) is 7.33. The number of nitrogens with zero attached hydrogens (tertiary/aromatic N) is 2. The van der Waals surface area contributed by atoms with Gasteiger partial charge in [-0.2, -0.15) is 0 Å². The number of aromatic nitrogens is 1. The molecular weight excluding hydrogens is 486 g/mol. The summed E-state index contributed by atoms with van der Waals surface area (Å²) < 4.78 is 0. The fraction of sp³-hybridized carbons (Fsp3) is 0.500. The van der Waals surface area contributed by atoms with E-state index in [4.69, 9.17) is 0 Å². The fourth-order valence-corrected chi connectivity index (χ4v) is 6.30. The Morgan fingerprint density at radius 2 is 1.67 bits per heavy atom. The number of carbonyl (C=O) groups is 2. The Labute approximate surface area is 232 Å². The molecule has 3 N–H and O–H groups in total. The van der Waals surface area contributed by atoms with Crippen LogP contribution in [-0.4, -0.2) is 70.9 Å². The molecule has 3 heterocycles. The number of H-pyrrole nitrogens is 1. The summed E-state index contributed by atoms with van der Waals surface area (Å²) in [5.41, 5.74) is 3.16. The molecule has 3 aromatic rings. The summed E-state index contributed by atoms with van der Waals surface area (Å²) in [4.78, 5) is 35.3. The van der Waals surface area contributed by atoms with Crippen LogP contribution in [0.15, 0.2) is 54.7 Å². The average molecular weight is 530 g/mol. The second-order valence-electron chi connectivity index (χ2n) is 11.6. The molecule has 1 aromatic heterocycles. The molecule has 1 atom stereocenters. The quantitative estimate of drug-likeness (QED) is 0.389. The molecule has 7 heteroatoms. The van der Waals surface area contributed by atoms with Crippen molar-refractivity contribution in [1.29, 1.82) is 0 Å². The van der Waals surface area contributed by atoms with E-state index in [0.29, 0.717) is 25.6 Å². The Kier molecular flexibility index (Phi) is 8.68. The van der Waals surface area contributed by atoms with Crippen molar-refractivity contribution in [2.24, 2.45) is 0 Å². The lowest BCUT2D eigenvalue weighted by Crippen LogP contribution is -2.60. The highest BCUT2D eigenvalue weighted by Crippen LogP contribution is 2.24. The Bertz CT molecular complexity index is 1270. The maximum Gasteiger partial charge on any atom is 0.246 e. The number of amides is 2. The van der Waals surface area contributed by atoms with Gasteiger partial charge in [0.2, 0.25) is 11.8 Å². The number of para-hydroxylation sites is 1. The van der Waals surface area contributed by atoms with Crippen LogP contribution in [0, 0.1) is 6.92 Å². The first-order valence-electron chi connectivity index (χ1n) is 14.6. The van der Waals surface area contributed by atoms with E-state index in [0.717, 1.165) is 53.5 Å². The van der Waals surface area contributed by atoms with E-state index in [1.54, 1.807) is 0 Å². The molecule has 0 spiro atoms. The summed E-state index contributed by atoms with van der Waals surface area (Å²) in [7, 11) is 0. The molecule has 0 radical (unpaired) electrons. The van der Waals surface area contributed by atoms with Crippen LogP contribution in [-0.2, 0) is 22.6 Å². The van der Waals surface area contributed by atoms with Gasteiger partial charge in [-0.25, -0.2) is 0 Å². The van der Waals surface area contributed by atoms with E-state index in [2.05, 4.69) is 31.5 Å². The third-order valence-corrected chi connectivity index (χ3v) is 8.67. The number of hydrogen-bond donors (Lipinski definition) is 3. The summed E-state index contributed by atoms with van der Waals surface area (Å²) in [6, 6.07) is 16.8. The zero-order chi connectivity index (χ0) is 27.2. The smallest absolute Gasteiger partial charge is 0.246 e. The predicted molar refractivity (Wildman–Crippen MR) is 156 cm³/mol. The number of piperidine rings is 2. The molecule has 0 saturated carbocycles. The van der Waals surface area contributed by atoms with Crippen molar-refractivity contribution in [3.63, 3.8) is 0 Å². The minimum Gasteiger partial charge on any atom is -0.361 e. The molecule has 2 aliphatic heterocycles. The van der Waals surface area contributed by atoms with Crippen LogP contribution in [0.1, 0.15) is 55.7 Å². The minimum atomic E-state index is -1.09. The van der Waals surface area contributed by atoms with E-state index in [-0.39, 0.29) is 11.8 Å². The summed E-state index contributed by atoms with van der Waals surface area (Å²) >= 11 is 0. The summed E-state index contributed by atoms with van der Waals surface area (Å²) in [6.45, 7) is 8.92. The average Bonchev–Trinajstić information content (AvgIpc) is 3.35. The van der Waals surface area contributed by atoms with Gasteiger partial charge in [-0.15, -0.1) is 0 Å². The fourth-order valence-electron chi connectivity index (χ4n) is 6.30. The van der Waals surface area contributed by atoms with E-state index >= 15 is 0 Å². The normalized spacial score (nSPS) is 19.0. The predicted octanol–water partition coefficient (Wildman–Crippen LogP) is 4.16. The highest BCUT2D eigenvalue weighted by Gasteiger charge is 2.36. The van der Waals surface area contributed by atoms with Gasteiger partial charge >= 0.3 is 0 Å². The van der Waals surface area contributed by atoms with Crippen LogP contribution < -0.4 is 10.6 Å². The van der Waals surface area contributed by atoms with Gasteiger partial charge in [0.1, 0.15) is 5.54 Å². The molecule has 2 aromatic carbocycles. The van der Waals surface area contributed by atoms with E-state index in [1.807, 2.05) is 62.5 Å². The highest BCUT2D eigenvalue weighted by molar-refractivity contribution is 5.93. The molecule has 2 amide bonds. The molecule has 2 aliphatic rings. The lowest BCUT2D eigenvalue weighted by molar-refractivity contribution is -0.133. The van der Waals surface area contributed by atoms with Gasteiger partial charge in [-0.05, 0) is 75.4 Å². The van der Waals surface area contributed by atoms with Crippen molar-refractivity contribution in [2.45, 2.75) is 70.5 Å². The van der Waals surface area contributed by atoms with E-state index < -0.39 is 5.54 Å². The number of fused-ring (bicyclic) bond motifs is 1. The van der Waals surface area contributed by atoms with Gasteiger partial charge in [0.05, 0.1) is 6.54 Å². The van der Waals surface area contributed by atoms with Gasteiger partial charge < -0.3 is 20.5 Å². The van der Waals surface area contributed by atoms with Gasteiger partial charge in [0.15, 0.2) is 0 Å². The van der Waals surface area contributed by atoms with Gasteiger partial charge in [-0.3, -0.25) is 14.5 Å². The molecule has 0 bridgehead atoms. The van der Waals surface area contributed by atoms with Crippen LogP contribution in [0.2, 0.25) is 0 Å². The standard InChI is InChI=1S/C32H43N5O2/c1-24-10-4-5-11-25(24)21-34-31(39)32(2,20-26-22-33-29-13-7-6-12-28(26)29)35-30(38)23-36-18-14-27(15-19-36)37-16-8-3-9-17-37/h4-7,10-13,22,27,33H,3,8-9,14-21,23H2,1-2H3,(H,34,39)(H,35,38). The maximum atomic E-state index is 13.7. The number of carbonyl (C=O) groups excluding carboxylic acids is 2. The number of hydrogen-bond acceptors (Lipinski definition) is 4. The van der Waals surface area contributed by atoms with Crippen LogP contribution >= 0.6 is 0 Å². The molecule has 2 fully saturated rings. The Hall–Kier alpha value is -3.16. The maximum absolute atomic E-state index is 13.7. The van der Waals surface area contributed by atoms with Gasteiger partial charge in [0.25, 0.3) is 0 Å².